The molecule has 1 aromatic rings. The molecule has 2 unspecified atom stereocenters. The predicted octanol–water partition coefficient (Wildman–Crippen LogP) is 1.40. The summed E-state index contributed by atoms with van der Waals surface area (Å²) in [6.07, 6.45) is -1.67. The average Bonchev–Trinajstić information content (AvgIpc) is 2.54. The van der Waals surface area contributed by atoms with E-state index in [-0.39, 0.29) is 6.61 Å². The number of benzene rings is 1. The molecule has 1 aliphatic rings. The number of hydrogen-bond acceptors (Lipinski definition) is 6. The molecule has 1 fully saturated rings. The second kappa shape index (κ2) is 8.86. The molecule has 1 heterocycles. The summed E-state index contributed by atoms with van der Waals surface area (Å²) in [6.45, 7) is 2.20. The third-order valence-corrected chi connectivity index (χ3v) is 4.79. The highest BCUT2D eigenvalue weighted by atomic mass is 32.2. The molecule has 0 bridgehead atoms. The quantitative estimate of drug-likeness (QED) is 0.657. The maximum absolute atomic E-state index is 10.5. The van der Waals surface area contributed by atoms with Crippen LogP contribution in [0.25, 0.3) is 0 Å². The summed E-state index contributed by atoms with van der Waals surface area (Å²) in [4.78, 5) is 0.951. The van der Waals surface area contributed by atoms with Crippen LogP contribution in [0, 0.1) is 0 Å². The van der Waals surface area contributed by atoms with Gasteiger partial charge in [-0.15, -0.1) is 0 Å². The van der Waals surface area contributed by atoms with Crippen molar-refractivity contribution >= 4 is 11.8 Å². The number of rotatable bonds is 7. The van der Waals surface area contributed by atoms with Gasteiger partial charge in [0, 0.05) is 11.5 Å². The van der Waals surface area contributed by atoms with Gasteiger partial charge in [-0.25, -0.2) is 0 Å². The molecule has 0 radical (unpaired) electrons. The van der Waals surface area contributed by atoms with Crippen LogP contribution in [0.1, 0.15) is 19.8 Å². The van der Waals surface area contributed by atoms with Gasteiger partial charge in [0.05, 0.1) is 6.61 Å². The van der Waals surface area contributed by atoms with Gasteiger partial charge < -0.3 is 24.8 Å². The van der Waals surface area contributed by atoms with Gasteiger partial charge in [0.1, 0.15) is 29.9 Å². The average molecular weight is 328 g/mol. The molecule has 1 aromatic carbocycles. The smallest absolute Gasteiger partial charge is 0.136 e. The Bertz CT molecular complexity index is 430. The van der Waals surface area contributed by atoms with E-state index < -0.39 is 29.9 Å². The first-order chi connectivity index (χ1) is 10.7. The van der Waals surface area contributed by atoms with E-state index >= 15 is 0 Å². The molecule has 1 saturated heterocycles. The number of aliphatic hydroxyl groups excluding tert-OH is 3. The maximum atomic E-state index is 10.5. The highest BCUT2D eigenvalue weighted by molar-refractivity contribution is 7.99. The largest absolute Gasteiger partial charge is 0.394 e. The summed E-state index contributed by atoms with van der Waals surface area (Å²) in [5, 5.41) is 30.1. The minimum atomic E-state index is -1.04. The number of ether oxygens (including phenoxy) is 2. The molecule has 5 nitrogen and oxygen atoms in total. The van der Waals surface area contributed by atoms with Crippen molar-refractivity contribution in [3.8, 4) is 0 Å². The first kappa shape index (κ1) is 17.7. The molecular formula is C16H24O5S. The summed E-state index contributed by atoms with van der Waals surface area (Å²) in [5.74, 6) is 0. The minimum Gasteiger partial charge on any atom is -0.394 e. The van der Waals surface area contributed by atoms with Crippen molar-refractivity contribution in [1.29, 1.82) is 0 Å². The van der Waals surface area contributed by atoms with Gasteiger partial charge in [-0.1, -0.05) is 43.3 Å². The van der Waals surface area contributed by atoms with Crippen LogP contribution in [0.2, 0.25) is 0 Å². The van der Waals surface area contributed by atoms with Crippen molar-refractivity contribution < 1.29 is 24.8 Å². The van der Waals surface area contributed by atoms with E-state index in [0.717, 1.165) is 17.7 Å². The van der Waals surface area contributed by atoms with E-state index in [1.165, 1.54) is 11.8 Å². The molecule has 124 valence electrons. The molecule has 0 aromatic heterocycles. The number of aliphatic hydroxyl groups is 3. The molecule has 0 saturated carbocycles. The van der Waals surface area contributed by atoms with Crippen molar-refractivity contribution in [1.82, 2.24) is 0 Å². The molecular weight excluding hydrogens is 304 g/mol. The standard InChI is InChI=1S/C16H24O5S/c1-2-3-9-20-15-13(18)12(10-17)21-16(14(15)19)22-11-7-5-4-6-8-11/h4-8,12-19H,2-3,9-10H2,1H3/t12?,13-,14-,15?,16-/m0/s1. The topological polar surface area (TPSA) is 79.2 Å². The lowest BCUT2D eigenvalue weighted by molar-refractivity contribution is -0.220. The van der Waals surface area contributed by atoms with E-state index in [0.29, 0.717) is 6.61 Å². The Morgan fingerprint density at radius 3 is 2.55 bits per heavy atom. The minimum absolute atomic E-state index is 0.312. The van der Waals surface area contributed by atoms with Crippen LogP contribution in [0.15, 0.2) is 35.2 Å². The Kier molecular flexibility index (Phi) is 7.14. The van der Waals surface area contributed by atoms with E-state index in [9.17, 15) is 15.3 Å². The molecule has 0 amide bonds. The third-order valence-electron chi connectivity index (χ3n) is 3.63. The van der Waals surface area contributed by atoms with Crippen LogP contribution in [0.4, 0.5) is 0 Å². The second-order valence-electron chi connectivity index (χ2n) is 5.33. The van der Waals surface area contributed by atoms with Crippen molar-refractivity contribution in [2.45, 2.75) is 54.5 Å². The molecule has 0 spiro atoms. The van der Waals surface area contributed by atoms with Crippen LogP contribution in [-0.2, 0) is 9.47 Å². The lowest BCUT2D eigenvalue weighted by atomic mass is 10.00. The normalized spacial score (nSPS) is 32.1. The summed E-state index contributed by atoms with van der Waals surface area (Å²) in [5.41, 5.74) is -0.588. The Hall–Kier alpha value is -0.630. The number of thioether (sulfide) groups is 1. The molecule has 2 rings (SSSR count). The van der Waals surface area contributed by atoms with Crippen LogP contribution in [0.5, 0.6) is 0 Å². The SMILES string of the molecule is CCCCOC1[C@@H](O)C(CO)O[C@@H](Sc2ccccc2)[C@H]1O. The Labute approximate surface area is 135 Å². The van der Waals surface area contributed by atoms with Crippen molar-refractivity contribution in [3.05, 3.63) is 30.3 Å². The summed E-state index contributed by atoms with van der Waals surface area (Å²) in [6, 6.07) is 9.58. The van der Waals surface area contributed by atoms with Crippen molar-refractivity contribution in [3.63, 3.8) is 0 Å². The number of unbranched alkanes of at least 4 members (excludes halogenated alkanes) is 1. The lowest BCUT2D eigenvalue weighted by Crippen LogP contribution is -2.58. The van der Waals surface area contributed by atoms with E-state index in [1.54, 1.807) is 0 Å². The van der Waals surface area contributed by atoms with Crippen molar-refractivity contribution in [2.75, 3.05) is 13.2 Å². The van der Waals surface area contributed by atoms with Gasteiger partial charge >= 0.3 is 0 Å². The monoisotopic (exact) mass is 328 g/mol. The fourth-order valence-corrected chi connectivity index (χ4v) is 3.42. The molecule has 22 heavy (non-hydrogen) atoms. The number of hydrogen-bond donors (Lipinski definition) is 3. The highest BCUT2D eigenvalue weighted by Crippen LogP contribution is 2.34. The zero-order valence-corrected chi connectivity index (χ0v) is 13.5. The molecule has 6 heteroatoms. The lowest BCUT2D eigenvalue weighted by Gasteiger charge is -2.41. The highest BCUT2D eigenvalue weighted by Gasteiger charge is 2.45. The first-order valence-electron chi connectivity index (χ1n) is 7.63. The van der Waals surface area contributed by atoms with Crippen LogP contribution < -0.4 is 0 Å². The third kappa shape index (κ3) is 4.44. The van der Waals surface area contributed by atoms with Crippen LogP contribution >= 0.6 is 11.8 Å². The van der Waals surface area contributed by atoms with E-state index in [1.807, 2.05) is 37.3 Å². The molecule has 5 atom stereocenters. The van der Waals surface area contributed by atoms with Gasteiger partial charge in [0.25, 0.3) is 0 Å². The Morgan fingerprint density at radius 1 is 1.18 bits per heavy atom. The van der Waals surface area contributed by atoms with Crippen molar-refractivity contribution in [2.24, 2.45) is 0 Å². The summed E-state index contributed by atoms with van der Waals surface area (Å²) < 4.78 is 11.3. The van der Waals surface area contributed by atoms with Gasteiger partial charge in [-0.2, -0.15) is 0 Å². The molecule has 0 aliphatic carbocycles. The molecule has 1 aliphatic heterocycles. The van der Waals surface area contributed by atoms with E-state index in [4.69, 9.17) is 9.47 Å². The fourth-order valence-electron chi connectivity index (χ4n) is 2.34. The zero-order chi connectivity index (χ0) is 15.9. The zero-order valence-electron chi connectivity index (χ0n) is 12.7. The summed E-state index contributed by atoms with van der Waals surface area (Å²) in [7, 11) is 0. The van der Waals surface area contributed by atoms with Gasteiger partial charge in [-0.3, -0.25) is 0 Å². The van der Waals surface area contributed by atoms with Crippen LogP contribution in [0.3, 0.4) is 0 Å². The fraction of sp³-hybridized carbons (Fsp3) is 0.625. The van der Waals surface area contributed by atoms with Gasteiger partial charge in [0.2, 0.25) is 0 Å². The predicted molar refractivity (Wildman–Crippen MR) is 84.7 cm³/mol. The molecule has 3 N–H and O–H groups in total. The second-order valence-corrected chi connectivity index (χ2v) is 6.50. The maximum Gasteiger partial charge on any atom is 0.136 e. The van der Waals surface area contributed by atoms with Gasteiger partial charge in [0.15, 0.2) is 0 Å². The Balaban J connectivity index is 2.05. The Morgan fingerprint density at radius 2 is 1.91 bits per heavy atom. The van der Waals surface area contributed by atoms with E-state index in [2.05, 4.69) is 0 Å². The van der Waals surface area contributed by atoms with Gasteiger partial charge in [-0.05, 0) is 18.6 Å². The summed E-state index contributed by atoms with van der Waals surface area (Å²) >= 11 is 1.36. The first-order valence-corrected chi connectivity index (χ1v) is 8.51. The van der Waals surface area contributed by atoms with Crippen LogP contribution in [-0.4, -0.2) is 58.4 Å².